The number of carbonyl (C=O) groups excluding carboxylic acids is 1. The van der Waals surface area contributed by atoms with Crippen LogP contribution in [0.5, 0.6) is 11.5 Å². The van der Waals surface area contributed by atoms with Crippen LogP contribution in [-0.2, 0) is 9.53 Å². The van der Waals surface area contributed by atoms with E-state index in [1.807, 2.05) is 79.7 Å². The van der Waals surface area contributed by atoms with Gasteiger partial charge in [-0.1, -0.05) is 69.7 Å². The van der Waals surface area contributed by atoms with Gasteiger partial charge >= 0.3 is 5.97 Å². The number of nitrogens with zero attached hydrogens (tertiary/aromatic N) is 2. The van der Waals surface area contributed by atoms with Crippen molar-refractivity contribution in [2.75, 3.05) is 20.3 Å². The summed E-state index contributed by atoms with van der Waals surface area (Å²) in [6.45, 7) is 4.35. The van der Waals surface area contributed by atoms with Gasteiger partial charge in [0.2, 0.25) is 0 Å². The van der Waals surface area contributed by atoms with E-state index in [1.54, 1.807) is 18.6 Å². The third kappa shape index (κ3) is 5.91. The van der Waals surface area contributed by atoms with Crippen LogP contribution in [0.15, 0.2) is 86.6 Å². The van der Waals surface area contributed by atoms with Gasteiger partial charge in [0.05, 0.1) is 45.7 Å². The van der Waals surface area contributed by atoms with Crippen LogP contribution in [0.3, 0.4) is 0 Å². The zero-order valence-electron chi connectivity index (χ0n) is 22.5. The highest BCUT2D eigenvalue weighted by molar-refractivity contribution is 14.1. The van der Waals surface area contributed by atoms with Crippen molar-refractivity contribution in [1.29, 1.82) is 0 Å². The molecule has 0 unspecified atom stereocenters. The molecule has 0 N–H and O–H groups in total. The molecule has 0 bridgehead atoms. The Balaban J connectivity index is 1.83. The van der Waals surface area contributed by atoms with E-state index in [4.69, 9.17) is 19.2 Å². The van der Waals surface area contributed by atoms with Gasteiger partial charge in [-0.2, -0.15) is 0 Å². The SMILES string of the molecule is CCOC(=O)C1=C(c2ccccc2)N=c2s/c(=C\c3cc(Br)cc(I)c3OCC)c(=O)n2[C@@H]1c1ccc(OC)cc1. The van der Waals surface area contributed by atoms with Crippen molar-refractivity contribution >= 4 is 67.6 Å². The lowest BCUT2D eigenvalue weighted by atomic mass is 9.93. The molecule has 0 amide bonds. The van der Waals surface area contributed by atoms with Crippen LogP contribution in [-0.4, -0.2) is 30.9 Å². The molecule has 3 aromatic carbocycles. The van der Waals surface area contributed by atoms with Gasteiger partial charge in [0, 0.05) is 15.6 Å². The normalized spacial score (nSPS) is 14.9. The minimum absolute atomic E-state index is 0.186. The number of methoxy groups -OCH3 is 1. The highest BCUT2D eigenvalue weighted by Crippen LogP contribution is 2.36. The number of esters is 1. The van der Waals surface area contributed by atoms with Crippen molar-refractivity contribution in [2.24, 2.45) is 4.99 Å². The van der Waals surface area contributed by atoms with Crippen molar-refractivity contribution in [2.45, 2.75) is 19.9 Å². The number of aromatic nitrogens is 1. The molecule has 7 nitrogen and oxygen atoms in total. The first kappa shape index (κ1) is 29.3. The average molecular weight is 745 g/mol. The lowest BCUT2D eigenvalue weighted by molar-refractivity contribution is -0.138. The second kappa shape index (κ2) is 12.7. The summed E-state index contributed by atoms with van der Waals surface area (Å²) < 4.78 is 20.7. The summed E-state index contributed by atoms with van der Waals surface area (Å²) in [5.41, 5.74) is 2.77. The zero-order valence-corrected chi connectivity index (χ0v) is 27.1. The Morgan fingerprint density at radius 3 is 2.49 bits per heavy atom. The van der Waals surface area contributed by atoms with Crippen molar-refractivity contribution in [3.05, 3.63) is 117 Å². The van der Waals surface area contributed by atoms with Gasteiger partial charge in [-0.25, -0.2) is 9.79 Å². The first-order valence-corrected chi connectivity index (χ1v) is 15.6. The topological polar surface area (TPSA) is 79.1 Å². The van der Waals surface area contributed by atoms with Crippen molar-refractivity contribution in [3.63, 3.8) is 0 Å². The van der Waals surface area contributed by atoms with Crippen LogP contribution in [0.1, 0.15) is 36.6 Å². The van der Waals surface area contributed by atoms with E-state index < -0.39 is 12.0 Å². The minimum Gasteiger partial charge on any atom is -0.497 e. The number of benzene rings is 3. The highest BCUT2D eigenvalue weighted by Gasteiger charge is 2.35. The molecule has 5 rings (SSSR count). The number of halogens is 2. The Morgan fingerprint density at radius 1 is 1.10 bits per heavy atom. The number of rotatable bonds is 8. The highest BCUT2D eigenvalue weighted by atomic mass is 127. The number of fused-ring (bicyclic) bond motifs is 1. The maximum absolute atomic E-state index is 14.2. The molecular weight excluding hydrogens is 719 g/mol. The number of thiazole rings is 1. The molecule has 1 aliphatic heterocycles. The molecule has 0 saturated heterocycles. The van der Waals surface area contributed by atoms with E-state index in [0.29, 0.717) is 38.7 Å². The molecule has 41 heavy (non-hydrogen) atoms. The molecule has 4 aromatic rings. The quantitative estimate of drug-likeness (QED) is 0.171. The Bertz CT molecular complexity index is 1810. The van der Waals surface area contributed by atoms with Gasteiger partial charge in [-0.3, -0.25) is 9.36 Å². The number of hydrogen-bond acceptors (Lipinski definition) is 7. The molecule has 0 aliphatic carbocycles. The number of hydrogen-bond donors (Lipinski definition) is 0. The van der Waals surface area contributed by atoms with E-state index in [2.05, 4.69) is 38.5 Å². The monoisotopic (exact) mass is 744 g/mol. The lowest BCUT2D eigenvalue weighted by Crippen LogP contribution is -2.40. The molecular formula is C31H26BrIN2O5S. The van der Waals surface area contributed by atoms with Crippen LogP contribution in [0.25, 0.3) is 11.8 Å². The summed E-state index contributed by atoms with van der Waals surface area (Å²) in [5, 5.41) is 0. The molecule has 1 aliphatic rings. The van der Waals surface area contributed by atoms with Gasteiger partial charge < -0.3 is 14.2 Å². The van der Waals surface area contributed by atoms with E-state index in [0.717, 1.165) is 24.7 Å². The maximum atomic E-state index is 14.2. The van der Waals surface area contributed by atoms with Crippen LogP contribution in [0, 0.1) is 3.57 Å². The fourth-order valence-electron chi connectivity index (χ4n) is 4.67. The standard InChI is InChI=1S/C31H26BrIN2O5S/c1-4-39-28-20(15-21(32)17-23(28)33)16-24-29(36)35-27(19-11-13-22(38-3)14-12-19)25(30(37)40-5-2)26(34-31(35)41-24)18-9-7-6-8-10-18/h6-17,27H,4-5H2,1-3H3/b24-16-/t27-/m1/s1. The molecule has 1 atom stereocenters. The van der Waals surface area contributed by atoms with E-state index >= 15 is 0 Å². The van der Waals surface area contributed by atoms with Gasteiger partial charge in [-0.15, -0.1) is 0 Å². The Labute approximate surface area is 263 Å². The molecule has 0 saturated carbocycles. The fourth-order valence-corrected chi connectivity index (χ4v) is 7.37. The molecule has 0 radical (unpaired) electrons. The van der Waals surface area contributed by atoms with Crippen LogP contribution >= 0.6 is 49.9 Å². The Hall–Kier alpha value is -3.22. The van der Waals surface area contributed by atoms with Crippen LogP contribution in [0.4, 0.5) is 0 Å². The van der Waals surface area contributed by atoms with Crippen LogP contribution in [0.2, 0.25) is 0 Å². The summed E-state index contributed by atoms with van der Waals surface area (Å²) in [5.74, 6) is 0.843. The molecule has 10 heteroatoms. The Kier molecular flexibility index (Phi) is 9.10. The second-order valence-electron chi connectivity index (χ2n) is 8.94. The maximum Gasteiger partial charge on any atom is 0.338 e. The predicted molar refractivity (Wildman–Crippen MR) is 172 cm³/mol. The van der Waals surface area contributed by atoms with Gasteiger partial charge in [-0.05, 0) is 72.3 Å². The van der Waals surface area contributed by atoms with Gasteiger partial charge in [0.15, 0.2) is 4.80 Å². The molecule has 0 spiro atoms. The summed E-state index contributed by atoms with van der Waals surface area (Å²) in [4.78, 5) is 33.1. The zero-order chi connectivity index (χ0) is 29.1. The summed E-state index contributed by atoms with van der Waals surface area (Å²) in [6.07, 6.45) is 1.82. The molecule has 1 aromatic heterocycles. The van der Waals surface area contributed by atoms with Gasteiger partial charge in [0.1, 0.15) is 11.5 Å². The van der Waals surface area contributed by atoms with E-state index in [9.17, 15) is 9.59 Å². The molecule has 2 heterocycles. The molecule has 0 fully saturated rings. The fraction of sp³-hybridized carbons (Fsp3) is 0.194. The Morgan fingerprint density at radius 2 is 1.83 bits per heavy atom. The minimum atomic E-state index is -0.762. The summed E-state index contributed by atoms with van der Waals surface area (Å²) >= 11 is 7.06. The first-order chi connectivity index (χ1) is 19.9. The third-order valence-corrected chi connectivity index (χ3v) is 8.66. The predicted octanol–water partition coefficient (Wildman–Crippen LogP) is 5.71. The smallest absolute Gasteiger partial charge is 0.338 e. The molecule has 210 valence electrons. The van der Waals surface area contributed by atoms with E-state index in [-0.39, 0.29) is 12.2 Å². The largest absolute Gasteiger partial charge is 0.497 e. The second-order valence-corrected chi connectivity index (χ2v) is 12.0. The van der Waals surface area contributed by atoms with Crippen LogP contribution < -0.4 is 24.4 Å². The van der Waals surface area contributed by atoms with Crippen molar-refractivity contribution < 1.29 is 19.0 Å². The number of carbonyl (C=O) groups is 1. The van der Waals surface area contributed by atoms with Crippen molar-refractivity contribution in [3.8, 4) is 11.5 Å². The lowest BCUT2D eigenvalue weighted by Gasteiger charge is -2.26. The summed E-state index contributed by atoms with van der Waals surface area (Å²) in [6, 6.07) is 20.0. The van der Waals surface area contributed by atoms with E-state index in [1.165, 1.54) is 11.3 Å². The number of ether oxygens (including phenoxy) is 3. The van der Waals surface area contributed by atoms with Crippen molar-refractivity contribution in [1.82, 2.24) is 4.57 Å². The summed E-state index contributed by atoms with van der Waals surface area (Å²) in [7, 11) is 1.59. The average Bonchev–Trinajstić information content (AvgIpc) is 3.28. The first-order valence-electron chi connectivity index (χ1n) is 12.9. The van der Waals surface area contributed by atoms with Gasteiger partial charge in [0.25, 0.3) is 5.56 Å². The third-order valence-electron chi connectivity index (χ3n) is 6.42.